The second-order valence-corrected chi connectivity index (χ2v) is 5.48. The van der Waals surface area contributed by atoms with E-state index >= 15 is 0 Å². The van der Waals surface area contributed by atoms with Crippen molar-refractivity contribution in [1.82, 2.24) is 0 Å². The predicted octanol–water partition coefficient (Wildman–Crippen LogP) is 1.72. The van der Waals surface area contributed by atoms with Crippen LogP contribution in [0.25, 0.3) is 0 Å². The first-order chi connectivity index (χ1) is 5.33. The summed E-state index contributed by atoms with van der Waals surface area (Å²) in [4.78, 5) is 10.9. The third kappa shape index (κ3) is 4.02. The van der Waals surface area contributed by atoms with Gasteiger partial charge in [0.15, 0.2) is 0 Å². The van der Waals surface area contributed by atoms with Crippen molar-refractivity contribution >= 4 is 25.9 Å². The molecule has 0 unspecified atom stereocenters. The van der Waals surface area contributed by atoms with Gasteiger partial charge in [-0.2, -0.15) is 0 Å². The van der Waals surface area contributed by atoms with E-state index in [4.69, 9.17) is 9.15 Å². The molecule has 0 saturated heterocycles. The molecule has 1 heterocycles. The Hall–Kier alpha value is -0.147. The summed E-state index contributed by atoms with van der Waals surface area (Å²) < 4.78 is 10.6. The van der Waals surface area contributed by atoms with Crippen LogP contribution < -0.4 is 4.35 Å². The summed E-state index contributed by atoms with van der Waals surface area (Å²) in [5.41, 5.74) is 0. The molecule has 1 aromatic heterocycles. The van der Waals surface area contributed by atoms with Crippen LogP contribution in [0, 0.1) is 0 Å². The first kappa shape index (κ1) is 11.9. The topological polar surface area (TPSA) is 39.4 Å². The summed E-state index contributed by atoms with van der Waals surface area (Å²) in [5, 5.41) is 0. The van der Waals surface area contributed by atoms with E-state index in [1.807, 2.05) is 13.0 Å². The Balaban J connectivity index is 0.00000121. The Kier molecular flexibility index (Phi) is 6.30. The second-order valence-electron chi connectivity index (χ2n) is 2.06. The minimum atomic E-state index is -1.41. The Labute approximate surface area is 88.8 Å². The summed E-state index contributed by atoms with van der Waals surface area (Å²) in [6.07, 6.45) is 1.58. The molecule has 0 N–H and O–H groups in total. The zero-order valence-electron chi connectivity index (χ0n) is 6.78. The van der Waals surface area contributed by atoms with Crippen LogP contribution in [-0.2, 0) is 21.9 Å². The molecule has 0 spiro atoms. The SMILES string of the molecule is Br.CCO[C](=O)[Zn][c]1ccco1. The van der Waals surface area contributed by atoms with Gasteiger partial charge in [0, 0.05) is 0 Å². The number of rotatable bonds is 3. The fourth-order valence-electron chi connectivity index (χ4n) is 0.767. The molecular formula is C7H9BrO3Zn. The van der Waals surface area contributed by atoms with Crippen molar-refractivity contribution in [3.63, 3.8) is 0 Å². The maximum absolute atomic E-state index is 10.9. The van der Waals surface area contributed by atoms with E-state index in [9.17, 15) is 4.79 Å². The van der Waals surface area contributed by atoms with E-state index in [1.54, 1.807) is 12.3 Å². The van der Waals surface area contributed by atoms with Crippen molar-refractivity contribution < 1.29 is 31.1 Å². The third-order valence-corrected chi connectivity index (χ3v) is 3.81. The first-order valence-electron chi connectivity index (χ1n) is 3.51. The summed E-state index contributed by atoms with van der Waals surface area (Å²) in [6, 6.07) is 3.62. The van der Waals surface area contributed by atoms with Crippen molar-refractivity contribution in [3.8, 4) is 0 Å². The van der Waals surface area contributed by atoms with Crippen LogP contribution in [0.2, 0.25) is 0 Å². The number of furan rings is 1. The summed E-state index contributed by atoms with van der Waals surface area (Å²) >= 11 is -1.41. The van der Waals surface area contributed by atoms with Crippen LogP contribution in [0.4, 0.5) is 4.79 Å². The molecule has 0 aromatic carbocycles. The van der Waals surface area contributed by atoms with E-state index in [-0.39, 0.29) is 21.5 Å². The number of hydrogen-bond donors (Lipinski definition) is 0. The van der Waals surface area contributed by atoms with Crippen LogP contribution in [-0.4, -0.2) is 11.2 Å². The molecule has 1 aromatic rings. The Morgan fingerprint density at radius 1 is 1.75 bits per heavy atom. The van der Waals surface area contributed by atoms with Gasteiger partial charge in [-0.05, 0) is 0 Å². The standard InChI is InChI=1S/C4H3O.C3H5O2.BrH.Zn/c1-2-4-5-3-1;1-2-5-3-4;;/h1-3H;2H2,1H3;1H;. The predicted molar refractivity (Wildman–Crippen MR) is 45.7 cm³/mol. The van der Waals surface area contributed by atoms with Gasteiger partial charge < -0.3 is 0 Å². The zero-order chi connectivity index (χ0) is 8.10. The zero-order valence-corrected chi connectivity index (χ0v) is 11.5. The molecule has 0 atom stereocenters. The molecule has 0 aliphatic carbocycles. The van der Waals surface area contributed by atoms with Crippen molar-refractivity contribution in [3.05, 3.63) is 18.4 Å². The number of halogens is 1. The van der Waals surface area contributed by atoms with E-state index < -0.39 is 17.1 Å². The average Bonchev–Trinajstić information content (AvgIpc) is 2.40. The number of hydrogen-bond acceptors (Lipinski definition) is 3. The molecule has 3 nitrogen and oxygen atoms in total. The summed E-state index contributed by atoms with van der Waals surface area (Å²) in [5.74, 6) is 0. The molecule has 0 amide bonds. The molecular weight excluding hydrogens is 277 g/mol. The van der Waals surface area contributed by atoms with Crippen LogP contribution in [0.1, 0.15) is 6.92 Å². The van der Waals surface area contributed by atoms with Gasteiger partial charge in [0.25, 0.3) is 0 Å². The molecule has 12 heavy (non-hydrogen) atoms. The van der Waals surface area contributed by atoms with Gasteiger partial charge in [-0.3, -0.25) is 0 Å². The molecule has 0 saturated carbocycles. The number of carbonyl (C=O) groups is 1. The van der Waals surface area contributed by atoms with E-state index in [0.717, 1.165) is 4.35 Å². The van der Waals surface area contributed by atoms with Gasteiger partial charge in [0.05, 0.1) is 0 Å². The third-order valence-electron chi connectivity index (χ3n) is 1.20. The molecule has 0 bridgehead atoms. The second kappa shape index (κ2) is 6.38. The molecule has 0 radical (unpaired) electrons. The van der Waals surface area contributed by atoms with Gasteiger partial charge in [0.1, 0.15) is 0 Å². The number of carbonyl (C=O) groups excluding carboxylic acids is 1. The first-order valence-corrected chi connectivity index (χ1v) is 6.47. The van der Waals surface area contributed by atoms with Gasteiger partial charge in [-0.25, -0.2) is 0 Å². The van der Waals surface area contributed by atoms with Crippen molar-refractivity contribution in [2.75, 3.05) is 6.61 Å². The molecule has 1 rings (SSSR count). The van der Waals surface area contributed by atoms with Crippen molar-refractivity contribution in [1.29, 1.82) is 0 Å². The minimum absolute atomic E-state index is 0. The van der Waals surface area contributed by atoms with Gasteiger partial charge in [-0.15, -0.1) is 17.0 Å². The normalized spacial score (nSPS) is 8.08. The fourth-order valence-corrected chi connectivity index (χ4v) is 2.92. The van der Waals surface area contributed by atoms with E-state index in [0.29, 0.717) is 6.61 Å². The summed E-state index contributed by atoms with van der Waals surface area (Å²) in [6.45, 7) is 2.27. The molecule has 0 aliphatic heterocycles. The van der Waals surface area contributed by atoms with E-state index in [2.05, 4.69) is 0 Å². The fraction of sp³-hybridized carbons (Fsp3) is 0.286. The quantitative estimate of drug-likeness (QED) is 0.794. The monoisotopic (exact) mass is 284 g/mol. The van der Waals surface area contributed by atoms with Crippen LogP contribution in [0.3, 0.4) is 0 Å². The Morgan fingerprint density at radius 2 is 2.50 bits per heavy atom. The molecule has 64 valence electrons. The van der Waals surface area contributed by atoms with Crippen LogP contribution >= 0.6 is 17.0 Å². The van der Waals surface area contributed by atoms with Gasteiger partial charge >= 0.3 is 71.9 Å². The van der Waals surface area contributed by atoms with Crippen LogP contribution in [0.15, 0.2) is 22.8 Å². The van der Waals surface area contributed by atoms with Gasteiger partial charge in [0.2, 0.25) is 0 Å². The van der Waals surface area contributed by atoms with Crippen molar-refractivity contribution in [2.24, 2.45) is 0 Å². The van der Waals surface area contributed by atoms with Crippen LogP contribution in [0.5, 0.6) is 0 Å². The Bertz CT molecular complexity index is 223. The average molecular weight is 286 g/mol. The Morgan fingerprint density at radius 3 is 3.00 bits per heavy atom. The maximum atomic E-state index is 10.9. The molecule has 5 heteroatoms. The van der Waals surface area contributed by atoms with Gasteiger partial charge in [-0.1, -0.05) is 0 Å². The number of ether oxygens (including phenoxy) is 1. The van der Waals surface area contributed by atoms with E-state index in [1.165, 1.54) is 0 Å². The molecule has 0 aliphatic rings. The van der Waals surface area contributed by atoms with Crippen molar-refractivity contribution in [2.45, 2.75) is 6.92 Å². The summed E-state index contributed by atoms with van der Waals surface area (Å²) in [7, 11) is 0. The molecule has 0 fully saturated rings.